The van der Waals surface area contributed by atoms with Crippen molar-refractivity contribution in [3.63, 3.8) is 0 Å². The molecular formula is C30H29F2N7O2. The van der Waals surface area contributed by atoms with Gasteiger partial charge in [-0.15, -0.1) is 0 Å². The van der Waals surface area contributed by atoms with E-state index in [0.717, 1.165) is 53.6 Å². The maximum atomic E-state index is 13.1. The molecule has 3 aromatic heterocycles. The molecular weight excluding hydrogens is 528 g/mol. The number of nitrogens with zero attached hydrogens (tertiary/aromatic N) is 6. The van der Waals surface area contributed by atoms with Gasteiger partial charge in [-0.3, -0.25) is 4.90 Å². The van der Waals surface area contributed by atoms with Crippen molar-refractivity contribution in [3.8, 4) is 17.2 Å². The zero-order valence-corrected chi connectivity index (χ0v) is 22.5. The average molecular weight is 558 g/mol. The van der Waals surface area contributed by atoms with E-state index in [1.54, 1.807) is 10.7 Å². The van der Waals surface area contributed by atoms with Crippen molar-refractivity contribution in [2.45, 2.75) is 57.2 Å². The Bertz CT molecular complexity index is 1690. The zero-order chi connectivity index (χ0) is 27.9. The molecule has 2 saturated heterocycles. The molecule has 5 heterocycles. The molecule has 1 N–H and O–H groups in total. The van der Waals surface area contributed by atoms with Gasteiger partial charge in [-0.25, -0.2) is 28.2 Å². The minimum absolute atomic E-state index is 0.0456. The van der Waals surface area contributed by atoms with E-state index < -0.39 is 6.43 Å². The molecule has 2 aliphatic rings. The van der Waals surface area contributed by atoms with Crippen LogP contribution in [0.4, 0.5) is 20.3 Å². The van der Waals surface area contributed by atoms with Crippen molar-refractivity contribution in [2.75, 3.05) is 11.9 Å². The predicted molar refractivity (Wildman–Crippen MR) is 150 cm³/mol. The fourth-order valence-electron chi connectivity index (χ4n) is 6.19. The van der Waals surface area contributed by atoms with Gasteiger partial charge < -0.3 is 14.8 Å². The summed E-state index contributed by atoms with van der Waals surface area (Å²) in [5, 5.41) is 8.34. The summed E-state index contributed by atoms with van der Waals surface area (Å²) in [4.78, 5) is 15.2. The number of fused-ring (bicyclic) bond motifs is 4. The molecule has 2 aliphatic heterocycles. The minimum Gasteiger partial charge on any atom is -0.489 e. The quantitative estimate of drug-likeness (QED) is 0.243. The third kappa shape index (κ3) is 5.13. The largest absolute Gasteiger partial charge is 0.489 e. The Kier molecular flexibility index (Phi) is 6.58. The second-order valence-electron chi connectivity index (χ2n) is 10.7. The second kappa shape index (κ2) is 10.5. The number of hydrogen-bond donors (Lipinski definition) is 1. The number of alkyl halides is 2. The van der Waals surface area contributed by atoms with E-state index >= 15 is 0 Å². The predicted octanol–water partition coefficient (Wildman–Crippen LogP) is 6.16. The molecule has 7 rings (SSSR count). The number of pyridine rings is 1. The van der Waals surface area contributed by atoms with Crippen molar-refractivity contribution in [1.29, 1.82) is 0 Å². The monoisotopic (exact) mass is 557 g/mol. The van der Waals surface area contributed by atoms with Gasteiger partial charge in [0.05, 0.1) is 17.4 Å². The molecule has 210 valence electrons. The van der Waals surface area contributed by atoms with Gasteiger partial charge in [0, 0.05) is 30.0 Å². The molecule has 0 radical (unpaired) electrons. The highest BCUT2D eigenvalue weighted by atomic mass is 19.3. The normalized spacial score (nSPS) is 20.6. The Morgan fingerprint density at radius 1 is 0.976 bits per heavy atom. The van der Waals surface area contributed by atoms with Crippen molar-refractivity contribution in [2.24, 2.45) is 0 Å². The third-order valence-electron chi connectivity index (χ3n) is 8.03. The van der Waals surface area contributed by atoms with E-state index in [9.17, 15) is 8.78 Å². The Morgan fingerprint density at radius 3 is 2.63 bits per heavy atom. The lowest BCUT2D eigenvalue weighted by Gasteiger charge is -2.38. The van der Waals surface area contributed by atoms with Crippen LogP contribution in [0.25, 0.3) is 16.6 Å². The van der Waals surface area contributed by atoms with Crippen molar-refractivity contribution in [1.82, 2.24) is 29.5 Å². The lowest BCUT2D eigenvalue weighted by molar-refractivity contribution is 0.00794. The van der Waals surface area contributed by atoms with Crippen LogP contribution in [-0.2, 0) is 0 Å². The first-order valence-electron chi connectivity index (χ1n) is 13.8. The van der Waals surface area contributed by atoms with Crippen LogP contribution in [-0.4, -0.2) is 60.6 Å². The summed E-state index contributed by atoms with van der Waals surface area (Å²) in [5.41, 5.74) is 3.25. The molecule has 0 saturated carbocycles. The summed E-state index contributed by atoms with van der Waals surface area (Å²) in [6.45, 7) is 1.83. The number of anilines is 2. The fraction of sp³-hybridized carbons (Fsp3) is 0.333. The number of hydrogen-bond acceptors (Lipinski definition) is 8. The SMILES string of the molecule is Cc1cc(Nc2ncnc3cccc(O[C@H]4C[C@H]5CC[C@@H](C4)N5CC(F)F)c23)ccc1Oc1ccn2ncnc2c1. The molecule has 11 heteroatoms. The molecule has 3 atom stereocenters. The van der Waals surface area contributed by atoms with E-state index in [-0.39, 0.29) is 24.7 Å². The lowest BCUT2D eigenvalue weighted by atomic mass is 9.99. The first kappa shape index (κ1) is 25.6. The van der Waals surface area contributed by atoms with E-state index in [1.807, 2.05) is 60.4 Å². The minimum atomic E-state index is -2.31. The number of benzene rings is 2. The van der Waals surface area contributed by atoms with Gasteiger partial charge in [-0.1, -0.05) is 6.07 Å². The molecule has 0 spiro atoms. The molecule has 41 heavy (non-hydrogen) atoms. The van der Waals surface area contributed by atoms with E-state index in [0.29, 0.717) is 23.0 Å². The third-order valence-corrected chi connectivity index (χ3v) is 8.03. The summed E-state index contributed by atoms with van der Waals surface area (Å²) >= 11 is 0. The highest BCUT2D eigenvalue weighted by Gasteiger charge is 2.42. The van der Waals surface area contributed by atoms with Gasteiger partial charge in [0.25, 0.3) is 6.43 Å². The molecule has 5 aromatic rings. The Morgan fingerprint density at radius 2 is 1.83 bits per heavy atom. The molecule has 2 bridgehead atoms. The maximum absolute atomic E-state index is 13.1. The van der Waals surface area contributed by atoms with Crippen LogP contribution in [0.1, 0.15) is 31.2 Å². The summed E-state index contributed by atoms with van der Waals surface area (Å²) in [6, 6.07) is 15.6. The fourth-order valence-corrected chi connectivity index (χ4v) is 6.19. The molecule has 0 unspecified atom stereocenters. The molecule has 9 nitrogen and oxygen atoms in total. The van der Waals surface area contributed by atoms with Crippen LogP contribution >= 0.6 is 0 Å². The molecule has 0 amide bonds. The van der Waals surface area contributed by atoms with Crippen LogP contribution in [0.2, 0.25) is 0 Å². The smallest absolute Gasteiger partial charge is 0.251 e. The second-order valence-corrected chi connectivity index (χ2v) is 10.7. The van der Waals surface area contributed by atoms with Crippen molar-refractivity contribution in [3.05, 3.63) is 72.9 Å². The standard InChI is InChI=1S/C30H29F2N7O2/c1-18-11-19(5-8-25(18)40-22-9-10-39-28(14-22)34-17-36-39)37-30-29-24(33-16-35-30)3-2-4-26(29)41-23-12-20-6-7-21(13-23)38(20)15-27(31)32/h2-5,8-11,14,16-17,20-21,23,27H,6-7,12-13,15H2,1H3,(H,33,35,37)/t20-,21+,23+. The highest BCUT2D eigenvalue weighted by molar-refractivity contribution is 5.95. The van der Waals surface area contributed by atoms with Gasteiger partial charge in [0.15, 0.2) is 5.65 Å². The van der Waals surface area contributed by atoms with Crippen LogP contribution in [0.15, 0.2) is 67.4 Å². The van der Waals surface area contributed by atoms with E-state index in [1.165, 1.54) is 12.7 Å². The summed E-state index contributed by atoms with van der Waals surface area (Å²) < 4.78 is 40.6. The van der Waals surface area contributed by atoms with Gasteiger partial charge in [0.2, 0.25) is 0 Å². The van der Waals surface area contributed by atoms with Crippen molar-refractivity contribution >= 4 is 28.1 Å². The zero-order valence-electron chi connectivity index (χ0n) is 22.5. The van der Waals surface area contributed by atoms with Gasteiger partial charge in [-0.2, -0.15) is 5.10 Å². The Balaban J connectivity index is 1.11. The van der Waals surface area contributed by atoms with Crippen LogP contribution in [0.3, 0.4) is 0 Å². The van der Waals surface area contributed by atoms with Crippen molar-refractivity contribution < 1.29 is 18.3 Å². The topological polar surface area (TPSA) is 89.7 Å². The highest BCUT2D eigenvalue weighted by Crippen LogP contribution is 2.40. The lowest BCUT2D eigenvalue weighted by Crippen LogP contribution is -2.48. The van der Waals surface area contributed by atoms with Crippen LogP contribution in [0.5, 0.6) is 17.2 Å². The number of halogens is 2. The number of aromatic nitrogens is 5. The number of ether oxygens (including phenoxy) is 2. The Labute approximate surface area is 235 Å². The first-order chi connectivity index (χ1) is 20.0. The number of aryl methyl sites for hydroxylation is 1. The van der Waals surface area contributed by atoms with Gasteiger partial charge >= 0.3 is 0 Å². The molecule has 2 fully saturated rings. The Hall–Kier alpha value is -4.38. The first-order valence-corrected chi connectivity index (χ1v) is 13.8. The summed E-state index contributed by atoms with van der Waals surface area (Å²) in [5.74, 6) is 2.72. The van der Waals surface area contributed by atoms with E-state index in [2.05, 4.69) is 25.4 Å². The summed E-state index contributed by atoms with van der Waals surface area (Å²) in [6.07, 6.45) is 5.84. The number of rotatable bonds is 8. The number of nitrogens with one attached hydrogen (secondary N) is 1. The van der Waals surface area contributed by atoms with E-state index in [4.69, 9.17) is 9.47 Å². The molecule has 2 aromatic carbocycles. The van der Waals surface area contributed by atoms with Crippen LogP contribution in [0, 0.1) is 6.92 Å². The molecule has 0 aliphatic carbocycles. The maximum Gasteiger partial charge on any atom is 0.251 e. The summed E-state index contributed by atoms with van der Waals surface area (Å²) in [7, 11) is 0. The van der Waals surface area contributed by atoms with Crippen LogP contribution < -0.4 is 14.8 Å². The van der Waals surface area contributed by atoms with Gasteiger partial charge in [-0.05, 0) is 74.6 Å². The number of piperidine rings is 1. The van der Waals surface area contributed by atoms with Gasteiger partial charge in [0.1, 0.15) is 41.8 Å². The average Bonchev–Trinajstić information content (AvgIpc) is 3.50.